The van der Waals surface area contributed by atoms with Crippen molar-refractivity contribution in [2.75, 3.05) is 56.4 Å². The third-order valence-corrected chi connectivity index (χ3v) is 6.69. The van der Waals surface area contributed by atoms with E-state index in [1.165, 1.54) is 5.56 Å². The highest BCUT2D eigenvalue weighted by Gasteiger charge is 2.31. The summed E-state index contributed by atoms with van der Waals surface area (Å²) >= 11 is 0. The van der Waals surface area contributed by atoms with E-state index in [-0.39, 0.29) is 11.9 Å². The highest BCUT2D eigenvalue weighted by molar-refractivity contribution is 5.74. The van der Waals surface area contributed by atoms with E-state index in [0.717, 1.165) is 63.8 Å². The maximum Gasteiger partial charge on any atom is 0.169 e. The largest absolute Gasteiger partial charge is 0.507 e. The van der Waals surface area contributed by atoms with Gasteiger partial charge in [0.25, 0.3) is 0 Å². The quantitative estimate of drug-likeness (QED) is 0.556. The van der Waals surface area contributed by atoms with Crippen molar-refractivity contribution in [1.82, 2.24) is 20.0 Å². The Morgan fingerprint density at radius 3 is 2.50 bits per heavy atom. The number of piperazine rings is 1. The molecule has 2 aliphatic rings. The summed E-state index contributed by atoms with van der Waals surface area (Å²) in [4.78, 5) is 7.14. The van der Waals surface area contributed by atoms with E-state index in [0.29, 0.717) is 17.1 Å². The molecule has 3 heterocycles. The summed E-state index contributed by atoms with van der Waals surface area (Å²) in [6.07, 6.45) is 0.0875. The topological polar surface area (TPSA) is 91.0 Å². The van der Waals surface area contributed by atoms with Crippen molar-refractivity contribution in [2.45, 2.75) is 19.6 Å². The van der Waals surface area contributed by atoms with Gasteiger partial charge in [-0.1, -0.05) is 31.2 Å². The standard InChI is InChI=1S/C26H32N6O2/c1-2-30-10-12-31(13-11-30)16-19-6-5-7-20(14-19)34-21-17-32(18-21)24-15-23(28-29-26(24)27)22-8-3-4-9-25(22)33/h3-9,14-15,21,33H,2,10-13,16-18H2,1H3,(H2,27,29). The third kappa shape index (κ3) is 4.93. The van der Waals surface area contributed by atoms with E-state index in [9.17, 15) is 5.11 Å². The molecule has 2 fully saturated rings. The van der Waals surface area contributed by atoms with Crippen LogP contribution in [0.15, 0.2) is 54.6 Å². The predicted octanol–water partition coefficient (Wildman–Crippen LogP) is 2.84. The molecule has 2 aromatic carbocycles. The summed E-state index contributed by atoms with van der Waals surface area (Å²) in [5.74, 6) is 1.46. The highest BCUT2D eigenvalue weighted by Crippen LogP contribution is 2.33. The molecule has 1 aromatic heterocycles. The Balaban J connectivity index is 1.18. The van der Waals surface area contributed by atoms with Gasteiger partial charge in [0.1, 0.15) is 17.6 Å². The van der Waals surface area contributed by atoms with E-state index in [2.05, 4.69) is 50.0 Å². The molecular weight excluding hydrogens is 428 g/mol. The number of para-hydroxylation sites is 1. The Kier molecular flexibility index (Phi) is 6.51. The Bertz CT molecular complexity index is 1130. The predicted molar refractivity (Wildman–Crippen MR) is 134 cm³/mol. The molecule has 0 unspecified atom stereocenters. The number of hydrogen-bond acceptors (Lipinski definition) is 8. The van der Waals surface area contributed by atoms with Crippen LogP contribution < -0.4 is 15.4 Å². The lowest BCUT2D eigenvalue weighted by atomic mass is 10.1. The van der Waals surface area contributed by atoms with Gasteiger partial charge in [0.05, 0.1) is 24.5 Å². The molecule has 0 atom stereocenters. The summed E-state index contributed by atoms with van der Waals surface area (Å²) in [6, 6.07) is 17.4. The van der Waals surface area contributed by atoms with E-state index < -0.39 is 0 Å². The first kappa shape index (κ1) is 22.4. The smallest absolute Gasteiger partial charge is 0.169 e. The van der Waals surface area contributed by atoms with Gasteiger partial charge in [0.2, 0.25) is 0 Å². The van der Waals surface area contributed by atoms with Gasteiger partial charge in [0.15, 0.2) is 5.82 Å². The maximum absolute atomic E-state index is 10.2. The zero-order valence-electron chi connectivity index (χ0n) is 19.6. The average molecular weight is 461 g/mol. The van der Waals surface area contributed by atoms with E-state index in [1.807, 2.05) is 24.3 Å². The van der Waals surface area contributed by atoms with Gasteiger partial charge in [-0.2, -0.15) is 0 Å². The van der Waals surface area contributed by atoms with Crippen LogP contribution in [0.5, 0.6) is 11.5 Å². The molecule has 5 rings (SSSR count). The lowest BCUT2D eigenvalue weighted by Crippen LogP contribution is -2.54. The van der Waals surface area contributed by atoms with Gasteiger partial charge in [-0.05, 0) is 42.4 Å². The highest BCUT2D eigenvalue weighted by atomic mass is 16.5. The van der Waals surface area contributed by atoms with Crippen LogP contribution in [-0.2, 0) is 6.54 Å². The van der Waals surface area contributed by atoms with Crippen molar-refractivity contribution in [1.29, 1.82) is 0 Å². The van der Waals surface area contributed by atoms with Crippen molar-refractivity contribution >= 4 is 11.5 Å². The fourth-order valence-corrected chi connectivity index (χ4v) is 4.61. The van der Waals surface area contributed by atoms with E-state index in [4.69, 9.17) is 10.5 Å². The van der Waals surface area contributed by atoms with Gasteiger partial charge < -0.3 is 25.4 Å². The third-order valence-electron chi connectivity index (χ3n) is 6.69. The number of benzene rings is 2. The summed E-state index contributed by atoms with van der Waals surface area (Å²) in [6.45, 7) is 10.3. The Morgan fingerprint density at radius 2 is 1.74 bits per heavy atom. The zero-order chi connectivity index (χ0) is 23.5. The fraction of sp³-hybridized carbons (Fsp3) is 0.385. The van der Waals surface area contributed by atoms with Crippen molar-refractivity contribution in [2.24, 2.45) is 0 Å². The minimum absolute atomic E-state index is 0.0875. The van der Waals surface area contributed by atoms with Crippen LogP contribution in [-0.4, -0.2) is 77.0 Å². The Hall–Kier alpha value is -3.36. The number of rotatable bonds is 7. The lowest BCUT2D eigenvalue weighted by Gasteiger charge is -2.41. The molecule has 0 radical (unpaired) electrons. The van der Waals surface area contributed by atoms with Gasteiger partial charge >= 0.3 is 0 Å². The molecule has 2 aliphatic heterocycles. The fourth-order valence-electron chi connectivity index (χ4n) is 4.61. The van der Waals surface area contributed by atoms with Crippen LogP contribution in [0.1, 0.15) is 12.5 Å². The van der Waals surface area contributed by atoms with Crippen LogP contribution in [0.4, 0.5) is 11.5 Å². The minimum atomic E-state index is 0.0875. The SMILES string of the molecule is CCN1CCN(Cc2cccc(OC3CN(c4cc(-c5ccccc5O)nnc4N)C3)c2)CC1. The monoisotopic (exact) mass is 460 g/mol. The molecule has 0 saturated carbocycles. The zero-order valence-corrected chi connectivity index (χ0v) is 19.6. The average Bonchev–Trinajstić information content (AvgIpc) is 2.83. The number of anilines is 2. The first-order valence-electron chi connectivity index (χ1n) is 12.0. The Labute approximate surface area is 200 Å². The molecule has 0 bridgehead atoms. The number of aromatic hydroxyl groups is 1. The molecule has 8 heteroatoms. The summed E-state index contributed by atoms with van der Waals surface area (Å²) in [7, 11) is 0. The summed E-state index contributed by atoms with van der Waals surface area (Å²) < 4.78 is 6.25. The van der Waals surface area contributed by atoms with Gasteiger partial charge in [-0.25, -0.2) is 0 Å². The molecule has 2 saturated heterocycles. The van der Waals surface area contributed by atoms with E-state index in [1.54, 1.807) is 12.1 Å². The molecule has 3 N–H and O–H groups in total. The van der Waals surface area contributed by atoms with Crippen molar-refractivity contribution in [3.63, 3.8) is 0 Å². The van der Waals surface area contributed by atoms with Crippen LogP contribution in [0.2, 0.25) is 0 Å². The molecule has 34 heavy (non-hydrogen) atoms. The minimum Gasteiger partial charge on any atom is -0.507 e. The summed E-state index contributed by atoms with van der Waals surface area (Å²) in [5.41, 5.74) is 9.45. The number of likely N-dealkylation sites (N-methyl/N-ethyl adjacent to an activating group) is 1. The second-order valence-electron chi connectivity index (χ2n) is 9.02. The summed E-state index contributed by atoms with van der Waals surface area (Å²) in [5, 5.41) is 18.4. The van der Waals surface area contributed by atoms with Crippen LogP contribution in [0, 0.1) is 0 Å². The molecule has 8 nitrogen and oxygen atoms in total. The number of phenols is 1. The van der Waals surface area contributed by atoms with Crippen molar-refractivity contribution in [3.8, 4) is 22.8 Å². The number of aromatic nitrogens is 2. The second-order valence-corrected chi connectivity index (χ2v) is 9.02. The first-order chi connectivity index (χ1) is 16.6. The number of nitrogens with two attached hydrogens (primary N) is 1. The number of hydrogen-bond donors (Lipinski definition) is 2. The number of phenolic OH excluding ortho intramolecular Hbond substituents is 1. The van der Waals surface area contributed by atoms with Gasteiger partial charge in [0, 0.05) is 38.3 Å². The van der Waals surface area contributed by atoms with Gasteiger partial charge in [-0.15, -0.1) is 10.2 Å². The number of nitrogens with zero attached hydrogens (tertiary/aromatic N) is 5. The van der Waals surface area contributed by atoms with E-state index >= 15 is 0 Å². The molecule has 178 valence electrons. The Morgan fingerprint density at radius 1 is 0.971 bits per heavy atom. The molecule has 0 amide bonds. The van der Waals surface area contributed by atoms with Crippen LogP contribution in [0.3, 0.4) is 0 Å². The second kappa shape index (κ2) is 9.87. The van der Waals surface area contributed by atoms with Crippen molar-refractivity contribution < 1.29 is 9.84 Å². The van der Waals surface area contributed by atoms with Crippen LogP contribution in [0.25, 0.3) is 11.3 Å². The molecular formula is C26H32N6O2. The number of ether oxygens (including phenoxy) is 1. The maximum atomic E-state index is 10.2. The molecule has 0 aliphatic carbocycles. The normalized spacial score (nSPS) is 17.5. The number of nitrogen functional groups attached to an aromatic ring is 1. The van der Waals surface area contributed by atoms with Crippen LogP contribution >= 0.6 is 0 Å². The molecule has 0 spiro atoms. The first-order valence-corrected chi connectivity index (χ1v) is 12.0. The van der Waals surface area contributed by atoms with Crippen molar-refractivity contribution in [3.05, 3.63) is 60.2 Å². The molecule has 3 aromatic rings. The lowest BCUT2D eigenvalue weighted by molar-refractivity contribution is 0.131. The van der Waals surface area contributed by atoms with Gasteiger partial charge in [-0.3, -0.25) is 4.90 Å².